The number of hydrogen-bond donors (Lipinski definition) is 2. The molecule has 8 heteroatoms. The molecule has 3 aromatic rings. The van der Waals surface area contributed by atoms with Gasteiger partial charge in [0.15, 0.2) is 11.2 Å². The van der Waals surface area contributed by atoms with Gasteiger partial charge in [-0.2, -0.15) is 0 Å². The van der Waals surface area contributed by atoms with Crippen LogP contribution in [0.5, 0.6) is 0 Å². The molecule has 28 heavy (non-hydrogen) atoms. The maximum atomic E-state index is 12.3. The molecule has 2 heterocycles. The topological polar surface area (TPSA) is 84.7 Å². The van der Waals surface area contributed by atoms with Gasteiger partial charge in [0.1, 0.15) is 5.82 Å². The smallest absolute Gasteiger partial charge is 0.324 e. The molecule has 0 spiro atoms. The van der Waals surface area contributed by atoms with Gasteiger partial charge in [0.25, 0.3) is 5.56 Å². The van der Waals surface area contributed by atoms with Crippen molar-refractivity contribution in [2.75, 3.05) is 0 Å². The zero-order valence-electron chi connectivity index (χ0n) is 16.5. The molecule has 2 N–H and O–H groups in total. The van der Waals surface area contributed by atoms with Crippen molar-refractivity contribution >= 4 is 22.8 Å². The maximum absolute atomic E-state index is 12.3. The summed E-state index contributed by atoms with van der Waals surface area (Å²) in [5.41, 5.74) is 1.20. The molecular formula is C20H26ClN5O2. The van der Waals surface area contributed by atoms with Gasteiger partial charge < -0.3 is 9.88 Å². The number of rotatable bonds is 8. The molecule has 0 bridgehead atoms. The molecule has 0 aliphatic heterocycles. The summed E-state index contributed by atoms with van der Waals surface area (Å²) in [4.78, 5) is 31.6. The summed E-state index contributed by atoms with van der Waals surface area (Å²) >= 11 is 5.98. The molecule has 0 aliphatic carbocycles. The zero-order chi connectivity index (χ0) is 20.3. The van der Waals surface area contributed by atoms with Crippen LogP contribution in [0.3, 0.4) is 0 Å². The lowest BCUT2D eigenvalue weighted by Crippen LogP contribution is -2.31. The monoisotopic (exact) mass is 403 g/mol. The standard InChI is InChI=1S/C20H26ClN5O2/c1-4-6-11-26-18-17(19(27)24-20(26)28)25(3)16(23-18)12-22-15(5-2)13-7-9-14(21)10-8-13/h7-10,15,22H,4-6,11-12H2,1-3H3,(H,24,27,28). The second kappa shape index (κ2) is 8.75. The molecule has 0 radical (unpaired) electrons. The van der Waals surface area contributed by atoms with E-state index in [1.165, 1.54) is 0 Å². The number of imidazole rings is 1. The summed E-state index contributed by atoms with van der Waals surface area (Å²) in [6.45, 7) is 5.18. The third kappa shape index (κ3) is 4.05. The first-order valence-corrected chi connectivity index (χ1v) is 10.0. The summed E-state index contributed by atoms with van der Waals surface area (Å²) in [5.74, 6) is 0.712. The molecule has 3 rings (SSSR count). The van der Waals surface area contributed by atoms with Gasteiger partial charge in [-0.15, -0.1) is 0 Å². The third-order valence-corrected chi connectivity index (χ3v) is 5.28. The molecule has 150 valence electrons. The summed E-state index contributed by atoms with van der Waals surface area (Å²) in [5, 5.41) is 4.20. The van der Waals surface area contributed by atoms with Crippen LogP contribution in [0, 0.1) is 0 Å². The van der Waals surface area contributed by atoms with Gasteiger partial charge in [0.2, 0.25) is 0 Å². The highest BCUT2D eigenvalue weighted by atomic mass is 35.5. The van der Waals surface area contributed by atoms with Crippen LogP contribution in [0.4, 0.5) is 0 Å². The number of aryl methyl sites for hydroxylation is 2. The number of aromatic amines is 1. The number of halogens is 1. The molecule has 0 aliphatic rings. The van der Waals surface area contributed by atoms with E-state index in [1.54, 1.807) is 16.2 Å². The van der Waals surface area contributed by atoms with Crippen molar-refractivity contribution in [1.82, 2.24) is 24.4 Å². The van der Waals surface area contributed by atoms with Gasteiger partial charge in [-0.3, -0.25) is 14.3 Å². The lowest BCUT2D eigenvalue weighted by molar-refractivity contribution is 0.503. The van der Waals surface area contributed by atoms with E-state index in [-0.39, 0.29) is 6.04 Å². The van der Waals surface area contributed by atoms with Crippen molar-refractivity contribution in [3.8, 4) is 0 Å². The predicted octanol–water partition coefficient (Wildman–Crippen LogP) is 3.12. The van der Waals surface area contributed by atoms with Gasteiger partial charge in [0, 0.05) is 24.7 Å². The van der Waals surface area contributed by atoms with E-state index in [9.17, 15) is 9.59 Å². The number of nitrogens with zero attached hydrogens (tertiary/aromatic N) is 3. The van der Waals surface area contributed by atoms with Gasteiger partial charge >= 0.3 is 5.69 Å². The van der Waals surface area contributed by atoms with Crippen molar-refractivity contribution in [1.29, 1.82) is 0 Å². The molecule has 1 atom stereocenters. The number of unbranched alkanes of at least 4 members (excludes halogenated alkanes) is 1. The van der Waals surface area contributed by atoms with Gasteiger partial charge in [-0.1, -0.05) is 44.0 Å². The SMILES string of the molecule is CCCCn1c(=O)[nH]c(=O)c2c1nc(CNC(CC)c1ccc(Cl)cc1)n2C. The fraction of sp³-hybridized carbons (Fsp3) is 0.450. The van der Waals surface area contributed by atoms with Gasteiger partial charge in [-0.05, 0) is 30.5 Å². The molecule has 0 amide bonds. The minimum atomic E-state index is -0.406. The van der Waals surface area contributed by atoms with Crippen molar-refractivity contribution in [3.63, 3.8) is 0 Å². The normalized spacial score (nSPS) is 12.6. The third-order valence-electron chi connectivity index (χ3n) is 5.03. The first kappa shape index (κ1) is 20.4. The van der Waals surface area contributed by atoms with Crippen LogP contribution in [0.25, 0.3) is 11.2 Å². The van der Waals surface area contributed by atoms with E-state index in [0.717, 1.165) is 24.8 Å². The zero-order valence-corrected chi connectivity index (χ0v) is 17.2. The predicted molar refractivity (Wildman–Crippen MR) is 112 cm³/mol. The number of fused-ring (bicyclic) bond motifs is 1. The Bertz CT molecular complexity index is 1070. The largest absolute Gasteiger partial charge is 0.330 e. The van der Waals surface area contributed by atoms with Gasteiger partial charge in [-0.25, -0.2) is 9.78 Å². The van der Waals surface area contributed by atoms with Crippen LogP contribution in [-0.2, 0) is 20.1 Å². The number of H-pyrrole nitrogens is 1. The number of hydrogen-bond acceptors (Lipinski definition) is 4. The van der Waals surface area contributed by atoms with E-state index >= 15 is 0 Å². The fourth-order valence-corrected chi connectivity index (χ4v) is 3.51. The van der Waals surface area contributed by atoms with Crippen molar-refractivity contribution in [3.05, 3.63) is 61.5 Å². The Morgan fingerprint density at radius 2 is 1.93 bits per heavy atom. The quantitative estimate of drug-likeness (QED) is 0.605. The Morgan fingerprint density at radius 3 is 2.57 bits per heavy atom. The number of aromatic nitrogens is 4. The van der Waals surface area contributed by atoms with Crippen LogP contribution < -0.4 is 16.6 Å². The van der Waals surface area contributed by atoms with E-state index < -0.39 is 11.2 Å². The Kier molecular flexibility index (Phi) is 6.36. The Labute approximate surface area is 168 Å². The van der Waals surface area contributed by atoms with E-state index in [4.69, 9.17) is 11.6 Å². The first-order valence-electron chi connectivity index (χ1n) is 9.63. The highest BCUT2D eigenvalue weighted by molar-refractivity contribution is 6.30. The molecule has 1 unspecified atom stereocenters. The number of benzene rings is 1. The highest BCUT2D eigenvalue weighted by Crippen LogP contribution is 2.20. The lowest BCUT2D eigenvalue weighted by atomic mass is 10.0. The molecule has 0 saturated carbocycles. The molecule has 0 saturated heterocycles. The molecule has 1 aromatic carbocycles. The first-order chi connectivity index (χ1) is 13.5. The average molecular weight is 404 g/mol. The van der Waals surface area contributed by atoms with Gasteiger partial charge in [0.05, 0.1) is 6.54 Å². The minimum absolute atomic E-state index is 0.137. The fourth-order valence-electron chi connectivity index (χ4n) is 3.38. The second-order valence-electron chi connectivity index (χ2n) is 6.92. The summed E-state index contributed by atoms with van der Waals surface area (Å²) < 4.78 is 3.32. The summed E-state index contributed by atoms with van der Waals surface area (Å²) in [6, 6.07) is 7.90. The molecule has 2 aromatic heterocycles. The summed E-state index contributed by atoms with van der Waals surface area (Å²) in [7, 11) is 1.81. The van der Waals surface area contributed by atoms with Crippen LogP contribution in [0.15, 0.2) is 33.9 Å². The van der Waals surface area contributed by atoms with Crippen LogP contribution in [0.1, 0.15) is 50.5 Å². The Morgan fingerprint density at radius 1 is 1.21 bits per heavy atom. The average Bonchev–Trinajstić information content (AvgIpc) is 3.00. The lowest BCUT2D eigenvalue weighted by Gasteiger charge is -2.17. The summed E-state index contributed by atoms with van der Waals surface area (Å²) in [6.07, 6.45) is 2.70. The van der Waals surface area contributed by atoms with Crippen molar-refractivity contribution in [2.24, 2.45) is 7.05 Å². The molecule has 7 nitrogen and oxygen atoms in total. The van der Waals surface area contributed by atoms with Crippen LogP contribution >= 0.6 is 11.6 Å². The van der Waals surface area contributed by atoms with Crippen LogP contribution in [0.2, 0.25) is 5.02 Å². The molecular weight excluding hydrogens is 378 g/mol. The van der Waals surface area contributed by atoms with Crippen molar-refractivity contribution in [2.45, 2.75) is 52.2 Å². The number of nitrogens with one attached hydrogen (secondary N) is 2. The second-order valence-corrected chi connectivity index (χ2v) is 7.35. The Balaban J connectivity index is 1.91. The van der Waals surface area contributed by atoms with Crippen molar-refractivity contribution < 1.29 is 0 Å². The highest BCUT2D eigenvalue weighted by Gasteiger charge is 2.17. The van der Waals surface area contributed by atoms with E-state index in [1.807, 2.05) is 24.3 Å². The maximum Gasteiger partial charge on any atom is 0.330 e. The minimum Gasteiger partial charge on any atom is -0.324 e. The Hall–Kier alpha value is -2.38. The van der Waals surface area contributed by atoms with E-state index in [0.29, 0.717) is 35.1 Å². The van der Waals surface area contributed by atoms with Crippen LogP contribution in [-0.4, -0.2) is 19.1 Å². The molecule has 0 fully saturated rings. The van der Waals surface area contributed by atoms with E-state index in [2.05, 4.69) is 29.1 Å².